The Kier molecular flexibility index (Phi) is 4.68. The van der Waals surface area contributed by atoms with Gasteiger partial charge in [-0.2, -0.15) is 8.42 Å². The van der Waals surface area contributed by atoms with E-state index in [1.807, 2.05) is 0 Å². The molecule has 102 valence electrons. The van der Waals surface area contributed by atoms with Crippen molar-refractivity contribution in [3.8, 4) is 0 Å². The van der Waals surface area contributed by atoms with Crippen LogP contribution in [0.4, 0.5) is 5.69 Å². The third kappa shape index (κ3) is 4.61. The van der Waals surface area contributed by atoms with Gasteiger partial charge in [0.05, 0.1) is 17.3 Å². The van der Waals surface area contributed by atoms with Crippen LogP contribution in [0.25, 0.3) is 0 Å². The van der Waals surface area contributed by atoms with E-state index in [9.17, 15) is 16.8 Å². The maximum atomic E-state index is 11.7. The number of sulfone groups is 1. The Balaban J connectivity index is 2.74. The average Bonchev–Trinajstić information content (AvgIpc) is 2.27. The van der Waals surface area contributed by atoms with Crippen LogP contribution in [0.1, 0.15) is 0 Å². The molecule has 0 radical (unpaired) electrons. The maximum Gasteiger partial charge on any atom is 0.397 e. The Morgan fingerprint density at radius 2 is 1.72 bits per heavy atom. The predicted octanol–water partition coefficient (Wildman–Crippen LogP) is 0.321. The van der Waals surface area contributed by atoms with Gasteiger partial charge in [0, 0.05) is 12.7 Å². The minimum absolute atomic E-state index is 0.0560. The van der Waals surface area contributed by atoms with Gasteiger partial charge in [-0.3, -0.25) is 4.55 Å². The third-order valence-electron chi connectivity index (χ3n) is 2.09. The molecule has 0 spiro atoms. The molecule has 0 bridgehead atoms. The standard InChI is InChI=1S/C9H13NO6S2/c1-10-8-2-4-9(5-3-8)17(11,12)7-6-16-18(13,14)15/h2-5,10H,6-7H2,1H3,(H,13,14,15). The molecule has 0 heterocycles. The second kappa shape index (κ2) is 5.65. The molecule has 0 aliphatic rings. The monoisotopic (exact) mass is 295 g/mol. The maximum absolute atomic E-state index is 11.7. The van der Waals surface area contributed by atoms with Gasteiger partial charge in [0.1, 0.15) is 0 Å². The van der Waals surface area contributed by atoms with E-state index in [0.717, 1.165) is 5.69 Å². The number of hydrogen-bond acceptors (Lipinski definition) is 6. The first-order chi connectivity index (χ1) is 8.24. The first-order valence-corrected chi connectivity index (χ1v) is 7.89. The highest BCUT2D eigenvalue weighted by molar-refractivity contribution is 7.91. The summed E-state index contributed by atoms with van der Waals surface area (Å²) in [5, 5.41) is 2.84. The molecule has 0 amide bonds. The second-order valence-corrected chi connectivity index (χ2v) is 6.54. The molecule has 1 aromatic rings. The van der Waals surface area contributed by atoms with Crippen LogP contribution in [-0.2, 0) is 24.4 Å². The molecule has 0 saturated heterocycles. The third-order valence-corrected chi connectivity index (χ3v) is 4.25. The highest BCUT2D eigenvalue weighted by Crippen LogP contribution is 2.15. The molecule has 1 rings (SSSR count). The summed E-state index contributed by atoms with van der Waals surface area (Å²) in [7, 11) is -6.55. The Labute approximate surface area is 106 Å². The van der Waals surface area contributed by atoms with Crippen LogP contribution in [0.15, 0.2) is 29.2 Å². The molecule has 0 fully saturated rings. The van der Waals surface area contributed by atoms with Crippen molar-refractivity contribution in [2.75, 3.05) is 24.7 Å². The normalized spacial score (nSPS) is 12.3. The van der Waals surface area contributed by atoms with E-state index in [1.54, 1.807) is 19.2 Å². The summed E-state index contributed by atoms with van der Waals surface area (Å²) in [6.45, 7) is -0.630. The fourth-order valence-corrected chi connectivity index (χ4v) is 2.68. The molecule has 1 aromatic carbocycles. The summed E-state index contributed by atoms with van der Waals surface area (Å²) >= 11 is 0. The SMILES string of the molecule is CNc1ccc(S(=O)(=O)CCOS(=O)(=O)O)cc1. The number of rotatable bonds is 6. The van der Waals surface area contributed by atoms with Crippen LogP contribution in [0.5, 0.6) is 0 Å². The van der Waals surface area contributed by atoms with Gasteiger partial charge in [0.15, 0.2) is 9.84 Å². The molecule has 0 aliphatic heterocycles. The number of anilines is 1. The summed E-state index contributed by atoms with van der Waals surface area (Å²) in [5.41, 5.74) is 0.753. The van der Waals surface area contributed by atoms with Crippen molar-refractivity contribution in [1.82, 2.24) is 0 Å². The van der Waals surface area contributed by atoms with E-state index >= 15 is 0 Å². The second-order valence-electron chi connectivity index (χ2n) is 3.34. The largest absolute Gasteiger partial charge is 0.397 e. The summed E-state index contributed by atoms with van der Waals surface area (Å²) in [5.74, 6) is -0.536. The van der Waals surface area contributed by atoms with Crippen LogP contribution >= 0.6 is 0 Å². The van der Waals surface area contributed by atoms with Crippen LogP contribution < -0.4 is 5.32 Å². The molecular weight excluding hydrogens is 282 g/mol. The molecule has 9 heteroatoms. The van der Waals surface area contributed by atoms with E-state index in [-0.39, 0.29) is 4.90 Å². The van der Waals surface area contributed by atoms with E-state index in [2.05, 4.69) is 9.50 Å². The van der Waals surface area contributed by atoms with Crippen molar-refractivity contribution >= 4 is 25.9 Å². The Morgan fingerprint density at radius 1 is 1.17 bits per heavy atom. The van der Waals surface area contributed by atoms with Gasteiger partial charge in [0.25, 0.3) is 0 Å². The van der Waals surface area contributed by atoms with Crippen LogP contribution in [0.3, 0.4) is 0 Å². The van der Waals surface area contributed by atoms with Gasteiger partial charge >= 0.3 is 10.4 Å². The van der Waals surface area contributed by atoms with Crippen molar-refractivity contribution in [2.24, 2.45) is 0 Å². The van der Waals surface area contributed by atoms with E-state index < -0.39 is 32.6 Å². The van der Waals surface area contributed by atoms with E-state index in [1.165, 1.54) is 12.1 Å². The van der Waals surface area contributed by atoms with Gasteiger partial charge in [0.2, 0.25) is 0 Å². The van der Waals surface area contributed by atoms with E-state index in [4.69, 9.17) is 4.55 Å². The lowest BCUT2D eigenvalue weighted by atomic mass is 10.3. The van der Waals surface area contributed by atoms with Gasteiger partial charge in [-0.15, -0.1) is 0 Å². The summed E-state index contributed by atoms with van der Waals surface area (Å²) in [6.07, 6.45) is 0. The Hall–Kier alpha value is -1.16. The summed E-state index contributed by atoms with van der Waals surface area (Å²) in [4.78, 5) is 0.0560. The average molecular weight is 295 g/mol. The fourth-order valence-electron chi connectivity index (χ4n) is 1.20. The number of hydrogen-bond donors (Lipinski definition) is 2. The van der Waals surface area contributed by atoms with Gasteiger partial charge in [-0.05, 0) is 24.3 Å². The highest BCUT2D eigenvalue weighted by Gasteiger charge is 2.16. The number of nitrogens with one attached hydrogen (secondary N) is 1. The smallest absolute Gasteiger partial charge is 0.388 e. The minimum atomic E-state index is -4.61. The first-order valence-electron chi connectivity index (χ1n) is 4.87. The highest BCUT2D eigenvalue weighted by atomic mass is 32.3. The summed E-state index contributed by atoms with van der Waals surface area (Å²) < 4.78 is 56.3. The van der Waals surface area contributed by atoms with Crippen LogP contribution in [0, 0.1) is 0 Å². The van der Waals surface area contributed by atoms with Gasteiger partial charge < -0.3 is 5.32 Å². The zero-order valence-corrected chi connectivity index (χ0v) is 11.2. The van der Waals surface area contributed by atoms with Crippen molar-refractivity contribution in [3.63, 3.8) is 0 Å². The minimum Gasteiger partial charge on any atom is -0.388 e. The zero-order chi connectivity index (χ0) is 13.8. The lowest BCUT2D eigenvalue weighted by Crippen LogP contribution is -2.15. The predicted molar refractivity (Wildman–Crippen MR) is 65.5 cm³/mol. The molecular formula is C9H13NO6S2. The Bertz CT molecular complexity index is 590. The van der Waals surface area contributed by atoms with Crippen molar-refractivity contribution < 1.29 is 25.6 Å². The first kappa shape index (κ1) is 14.9. The quantitative estimate of drug-likeness (QED) is 0.727. The van der Waals surface area contributed by atoms with Crippen molar-refractivity contribution in [1.29, 1.82) is 0 Å². The van der Waals surface area contributed by atoms with E-state index in [0.29, 0.717) is 0 Å². The topological polar surface area (TPSA) is 110 Å². The molecule has 7 nitrogen and oxygen atoms in total. The van der Waals surface area contributed by atoms with Gasteiger partial charge in [-0.1, -0.05) is 0 Å². The van der Waals surface area contributed by atoms with Gasteiger partial charge in [-0.25, -0.2) is 12.6 Å². The Morgan fingerprint density at radius 3 is 2.17 bits per heavy atom. The molecule has 0 saturated carbocycles. The molecule has 2 N–H and O–H groups in total. The summed E-state index contributed by atoms with van der Waals surface area (Å²) in [6, 6.07) is 5.95. The number of benzene rings is 1. The molecule has 0 atom stereocenters. The van der Waals surface area contributed by atoms with Crippen LogP contribution in [-0.4, -0.2) is 40.8 Å². The zero-order valence-electron chi connectivity index (χ0n) is 9.53. The molecule has 0 aliphatic carbocycles. The lowest BCUT2D eigenvalue weighted by molar-refractivity contribution is 0.284. The van der Waals surface area contributed by atoms with Crippen LogP contribution in [0.2, 0.25) is 0 Å². The van der Waals surface area contributed by atoms with Crippen molar-refractivity contribution in [3.05, 3.63) is 24.3 Å². The molecule has 0 aromatic heterocycles. The lowest BCUT2D eigenvalue weighted by Gasteiger charge is -2.05. The fraction of sp³-hybridized carbons (Fsp3) is 0.333. The molecule has 18 heavy (non-hydrogen) atoms. The molecule has 0 unspecified atom stereocenters. The van der Waals surface area contributed by atoms with Crippen molar-refractivity contribution in [2.45, 2.75) is 4.90 Å².